The van der Waals surface area contributed by atoms with Gasteiger partial charge >= 0.3 is 0 Å². The Bertz CT molecular complexity index is 520. The molecule has 1 unspecified atom stereocenters. The zero-order valence-corrected chi connectivity index (χ0v) is 11.6. The second-order valence-electron chi connectivity index (χ2n) is 3.92. The lowest BCUT2D eigenvalue weighted by Crippen LogP contribution is -2.30. The highest BCUT2D eigenvalue weighted by atomic mass is 35.5. The monoisotopic (exact) mass is 286 g/mol. The minimum Gasteiger partial charge on any atom is -0.214 e. The minimum atomic E-state index is -3.49. The third kappa shape index (κ3) is 4.65. The largest absolute Gasteiger partial charge is 0.225 e. The first kappa shape index (κ1) is 15.0. The summed E-state index contributed by atoms with van der Waals surface area (Å²) < 4.78 is 25.2. The van der Waals surface area contributed by atoms with E-state index in [0.29, 0.717) is 11.6 Å². The van der Waals surface area contributed by atoms with Crippen molar-refractivity contribution >= 4 is 21.6 Å². The molecule has 18 heavy (non-hydrogen) atoms. The number of hydrogen-bond donors (Lipinski definition) is 1. The lowest BCUT2D eigenvalue weighted by Gasteiger charge is -2.15. The molecule has 0 bridgehead atoms. The van der Waals surface area contributed by atoms with E-state index in [1.54, 1.807) is 18.2 Å². The van der Waals surface area contributed by atoms with Crippen LogP contribution in [-0.2, 0) is 10.0 Å². The van der Waals surface area contributed by atoms with Crippen LogP contribution in [0, 0.1) is 11.3 Å². The van der Waals surface area contributed by atoms with Crippen molar-refractivity contribution in [2.24, 2.45) is 0 Å². The van der Waals surface area contributed by atoms with Gasteiger partial charge < -0.3 is 0 Å². The molecular formula is C12H15ClN2O2S. The number of nitrogens with one attached hydrogen (secondary N) is 1. The molecule has 0 aromatic heterocycles. The highest BCUT2D eigenvalue weighted by molar-refractivity contribution is 7.89. The Morgan fingerprint density at radius 1 is 1.39 bits per heavy atom. The molecule has 0 amide bonds. The van der Waals surface area contributed by atoms with Crippen LogP contribution >= 0.6 is 11.6 Å². The van der Waals surface area contributed by atoms with Gasteiger partial charge in [-0.3, -0.25) is 0 Å². The summed E-state index contributed by atoms with van der Waals surface area (Å²) in [5.41, 5.74) is 1.03. The van der Waals surface area contributed by atoms with Crippen molar-refractivity contribution in [2.45, 2.75) is 19.3 Å². The van der Waals surface area contributed by atoms with E-state index in [-0.39, 0.29) is 5.92 Å². The third-order valence-corrected chi connectivity index (χ3v) is 4.01. The van der Waals surface area contributed by atoms with E-state index in [2.05, 4.69) is 4.72 Å². The summed E-state index contributed by atoms with van der Waals surface area (Å²) in [7, 11) is -3.49. The van der Waals surface area contributed by atoms with Crippen LogP contribution < -0.4 is 4.72 Å². The maximum atomic E-state index is 11.4. The van der Waals surface area contributed by atoms with Gasteiger partial charge in [0.1, 0.15) is 0 Å². The summed E-state index contributed by atoms with van der Waals surface area (Å²) in [5, 5.41) is 9.04. The zero-order valence-electron chi connectivity index (χ0n) is 10.1. The van der Waals surface area contributed by atoms with Gasteiger partial charge in [0.05, 0.1) is 6.07 Å². The lowest BCUT2D eigenvalue weighted by molar-refractivity contribution is 0.569. The van der Waals surface area contributed by atoms with Crippen LogP contribution in [0.3, 0.4) is 0 Å². The average molecular weight is 287 g/mol. The van der Waals surface area contributed by atoms with Crippen molar-refractivity contribution in [3.63, 3.8) is 0 Å². The number of benzene rings is 1. The maximum absolute atomic E-state index is 11.4. The molecule has 1 aromatic rings. The van der Waals surface area contributed by atoms with Crippen LogP contribution in [0.2, 0.25) is 5.02 Å². The molecule has 0 aliphatic carbocycles. The van der Waals surface area contributed by atoms with Gasteiger partial charge in [0.2, 0.25) is 10.0 Å². The summed E-state index contributed by atoms with van der Waals surface area (Å²) in [4.78, 5) is 0. The Labute approximate surface area is 113 Å². The number of sulfonamides is 1. The Morgan fingerprint density at radius 2 is 2.00 bits per heavy atom. The van der Waals surface area contributed by atoms with Crippen molar-refractivity contribution in [1.82, 2.24) is 4.72 Å². The fraction of sp³-hybridized carbons (Fsp3) is 0.417. The van der Waals surface area contributed by atoms with E-state index < -0.39 is 15.8 Å². The standard InChI is InChI=1S/C12H15ClN2O2S/c1-2-10(9-15-18(16,17)8-7-14)11-3-5-12(13)6-4-11/h3-6,10,15H,2,8-9H2,1H3. The summed E-state index contributed by atoms with van der Waals surface area (Å²) >= 11 is 5.80. The maximum Gasteiger partial charge on any atom is 0.225 e. The van der Waals surface area contributed by atoms with Crippen LogP contribution in [0.4, 0.5) is 0 Å². The molecule has 0 aliphatic rings. The fourth-order valence-corrected chi connectivity index (χ4v) is 2.45. The van der Waals surface area contributed by atoms with Crippen LogP contribution in [-0.4, -0.2) is 20.7 Å². The number of rotatable bonds is 6. The predicted molar refractivity (Wildman–Crippen MR) is 71.9 cm³/mol. The minimum absolute atomic E-state index is 0.0794. The lowest BCUT2D eigenvalue weighted by atomic mass is 9.97. The summed E-state index contributed by atoms with van der Waals surface area (Å²) in [6.45, 7) is 2.28. The Balaban J connectivity index is 2.69. The van der Waals surface area contributed by atoms with Crippen LogP contribution in [0.25, 0.3) is 0 Å². The van der Waals surface area contributed by atoms with Crippen molar-refractivity contribution in [2.75, 3.05) is 12.3 Å². The zero-order chi connectivity index (χ0) is 13.6. The number of hydrogen-bond acceptors (Lipinski definition) is 3. The summed E-state index contributed by atoms with van der Waals surface area (Å²) in [6, 6.07) is 8.96. The van der Waals surface area contributed by atoms with Gasteiger partial charge in [-0.25, -0.2) is 13.1 Å². The van der Waals surface area contributed by atoms with Crippen molar-refractivity contribution in [1.29, 1.82) is 5.26 Å². The molecule has 98 valence electrons. The average Bonchev–Trinajstić information content (AvgIpc) is 2.32. The summed E-state index contributed by atoms with van der Waals surface area (Å²) in [6.07, 6.45) is 0.802. The van der Waals surface area contributed by atoms with Gasteiger partial charge in [-0.15, -0.1) is 0 Å². The SMILES string of the molecule is CCC(CNS(=O)(=O)CC#N)c1ccc(Cl)cc1. The Morgan fingerprint density at radius 3 is 2.50 bits per heavy atom. The molecule has 4 nitrogen and oxygen atoms in total. The molecule has 0 spiro atoms. The second-order valence-corrected chi connectivity index (χ2v) is 6.17. The first-order chi connectivity index (χ1) is 8.48. The molecule has 6 heteroatoms. The molecule has 0 radical (unpaired) electrons. The smallest absolute Gasteiger partial charge is 0.214 e. The number of nitrogens with zero attached hydrogens (tertiary/aromatic N) is 1. The number of nitriles is 1. The van der Waals surface area contributed by atoms with Crippen molar-refractivity contribution in [3.8, 4) is 6.07 Å². The quantitative estimate of drug-likeness (QED) is 0.872. The highest BCUT2D eigenvalue weighted by Gasteiger charge is 2.14. The van der Waals surface area contributed by atoms with E-state index in [4.69, 9.17) is 16.9 Å². The highest BCUT2D eigenvalue weighted by Crippen LogP contribution is 2.20. The predicted octanol–water partition coefficient (Wildman–Crippen LogP) is 2.28. The van der Waals surface area contributed by atoms with Gasteiger partial charge in [0, 0.05) is 11.6 Å². The van der Waals surface area contributed by atoms with E-state index in [9.17, 15) is 8.42 Å². The van der Waals surface area contributed by atoms with Gasteiger partial charge in [-0.05, 0) is 30.0 Å². The molecule has 1 N–H and O–H groups in total. The molecule has 1 atom stereocenters. The first-order valence-electron chi connectivity index (χ1n) is 5.58. The molecule has 0 fully saturated rings. The van der Waals surface area contributed by atoms with Crippen LogP contribution in [0.5, 0.6) is 0 Å². The van der Waals surface area contributed by atoms with Crippen molar-refractivity contribution in [3.05, 3.63) is 34.9 Å². The van der Waals surface area contributed by atoms with Gasteiger partial charge in [-0.1, -0.05) is 30.7 Å². The van der Waals surface area contributed by atoms with E-state index >= 15 is 0 Å². The van der Waals surface area contributed by atoms with Gasteiger partial charge in [0.25, 0.3) is 0 Å². The molecule has 0 saturated carbocycles. The molecular weight excluding hydrogens is 272 g/mol. The molecule has 0 saturated heterocycles. The van der Waals surface area contributed by atoms with Gasteiger partial charge in [-0.2, -0.15) is 5.26 Å². The third-order valence-electron chi connectivity index (χ3n) is 2.64. The van der Waals surface area contributed by atoms with Crippen LogP contribution in [0.1, 0.15) is 24.8 Å². The van der Waals surface area contributed by atoms with Crippen LogP contribution in [0.15, 0.2) is 24.3 Å². The molecule has 0 heterocycles. The Kier molecular flexibility index (Phi) is 5.60. The van der Waals surface area contributed by atoms with Gasteiger partial charge in [0.15, 0.2) is 5.75 Å². The summed E-state index contributed by atoms with van der Waals surface area (Å²) in [5.74, 6) is -0.430. The topological polar surface area (TPSA) is 70.0 Å². The van der Waals surface area contributed by atoms with E-state index in [1.807, 2.05) is 19.1 Å². The fourth-order valence-electron chi connectivity index (χ4n) is 1.60. The Hall–Kier alpha value is -1.09. The second kappa shape index (κ2) is 6.74. The molecule has 1 rings (SSSR count). The normalized spacial score (nSPS) is 12.9. The van der Waals surface area contributed by atoms with E-state index in [1.165, 1.54) is 0 Å². The molecule has 1 aromatic carbocycles. The molecule has 0 aliphatic heterocycles. The van der Waals surface area contributed by atoms with E-state index in [0.717, 1.165) is 12.0 Å². The first-order valence-corrected chi connectivity index (χ1v) is 7.61. The number of halogens is 1. The van der Waals surface area contributed by atoms with Crippen molar-refractivity contribution < 1.29 is 8.42 Å².